The molecule has 162 valence electrons. The first-order valence-corrected chi connectivity index (χ1v) is 11.8. The van der Waals surface area contributed by atoms with Crippen molar-refractivity contribution in [1.82, 2.24) is 4.31 Å². The van der Waals surface area contributed by atoms with E-state index in [0.29, 0.717) is 18.7 Å². The fourth-order valence-corrected chi connectivity index (χ4v) is 5.60. The Morgan fingerprint density at radius 1 is 1.00 bits per heavy atom. The van der Waals surface area contributed by atoms with E-state index >= 15 is 0 Å². The number of benzene rings is 3. The number of fused-ring (bicyclic) bond motifs is 1. The average Bonchev–Trinajstić information content (AvgIpc) is 2.77. The Kier molecular flexibility index (Phi) is 6.09. The monoisotopic (exact) mass is 438 g/mol. The van der Waals surface area contributed by atoms with Crippen LogP contribution in [0.2, 0.25) is 0 Å². The lowest BCUT2D eigenvalue weighted by Gasteiger charge is -2.34. The number of hydrogen-bond donors (Lipinski definition) is 1. The molecule has 3 aromatic carbocycles. The van der Waals surface area contributed by atoms with Crippen molar-refractivity contribution in [3.63, 3.8) is 0 Å². The van der Waals surface area contributed by atoms with Crippen LogP contribution < -0.4 is 5.32 Å². The summed E-state index contributed by atoms with van der Waals surface area (Å²) >= 11 is 0. The van der Waals surface area contributed by atoms with Crippen LogP contribution in [0.1, 0.15) is 24.2 Å². The molecule has 1 aliphatic rings. The summed E-state index contributed by atoms with van der Waals surface area (Å²) < 4.78 is 33.3. The number of nitrogens with one attached hydrogen (secondary N) is 1. The Morgan fingerprint density at radius 2 is 1.68 bits per heavy atom. The molecule has 3 aromatic rings. The number of carbonyl (C=O) groups is 1. The number of sulfonamides is 1. The summed E-state index contributed by atoms with van der Waals surface area (Å²) in [5.41, 5.74) is 1.23. The second kappa shape index (κ2) is 8.78. The minimum atomic E-state index is -3.70. The lowest BCUT2D eigenvalue weighted by molar-refractivity contribution is -0.0440. The molecule has 2 atom stereocenters. The number of ketones is 1. The molecule has 0 saturated carbocycles. The molecule has 7 heteroatoms. The topological polar surface area (TPSA) is 75.7 Å². The second-order valence-corrected chi connectivity index (χ2v) is 9.85. The molecule has 1 fully saturated rings. The zero-order valence-electron chi connectivity index (χ0n) is 17.6. The summed E-state index contributed by atoms with van der Waals surface area (Å²) in [5, 5.41) is 5.31. The molecule has 2 unspecified atom stereocenters. The van der Waals surface area contributed by atoms with E-state index in [1.54, 1.807) is 12.1 Å². The Hall–Kier alpha value is -2.74. The third-order valence-corrected chi connectivity index (χ3v) is 7.24. The molecule has 0 radical (unpaired) electrons. The van der Waals surface area contributed by atoms with Gasteiger partial charge in [-0.15, -0.1) is 0 Å². The normalized spacial score (nSPS) is 19.9. The van der Waals surface area contributed by atoms with Gasteiger partial charge in [0.05, 0.1) is 23.6 Å². The largest absolute Gasteiger partial charge is 0.377 e. The fourth-order valence-electron chi connectivity index (χ4n) is 3.96. The predicted molar refractivity (Wildman–Crippen MR) is 122 cm³/mol. The van der Waals surface area contributed by atoms with Gasteiger partial charge in [0.15, 0.2) is 5.78 Å². The van der Waals surface area contributed by atoms with E-state index in [1.165, 1.54) is 16.4 Å². The van der Waals surface area contributed by atoms with E-state index in [9.17, 15) is 13.2 Å². The number of nitrogens with zero attached hydrogens (tertiary/aromatic N) is 1. The highest BCUT2D eigenvalue weighted by Gasteiger charge is 2.32. The highest BCUT2D eigenvalue weighted by Crippen LogP contribution is 2.24. The van der Waals surface area contributed by atoms with E-state index in [0.717, 1.165) is 16.5 Å². The smallest absolute Gasteiger partial charge is 0.243 e. The van der Waals surface area contributed by atoms with Crippen LogP contribution in [-0.4, -0.2) is 50.3 Å². The molecule has 1 saturated heterocycles. The molecule has 0 amide bonds. The van der Waals surface area contributed by atoms with Crippen LogP contribution in [0.4, 0.5) is 5.69 Å². The van der Waals surface area contributed by atoms with Gasteiger partial charge in [-0.1, -0.05) is 48.5 Å². The molecule has 1 N–H and O–H groups in total. The summed E-state index contributed by atoms with van der Waals surface area (Å²) in [7, 11) is -3.70. The quantitative estimate of drug-likeness (QED) is 0.590. The van der Waals surface area contributed by atoms with E-state index < -0.39 is 10.0 Å². The van der Waals surface area contributed by atoms with Gasteiger partial charge in [0.25, 0.3) is 0 Å². The molecule has 6 nitrogen and oxygen atoms in total. The Labute approximate surface area is 182 Å². The van der Waals surface area contributed by atoms with Crippen LogP contribution in [0.3, 0.4) is 0 Å². The van der Waals surface area contributed by atoms with Gasteiger partial charge in [-0.05, 0) is 37.4 Å². The van der Waals surface area contributed by atoms with Gasteiger partial charge < -0.3 is 10.1 Å². The average molecular weight is 439 g/mol. The Morgan fingerprint density at radius 3 is 2.45 bits per heavy atom. The van der Waals surface area contributed by atoms with Crippen LogP contribution in [0.25, 0.3) is 10.8 Å². The Bertz CT molecular complexity index is 1190. The molecular weight excluding hydrogens is 412 g/mol. The third-order valence-electron chi connectivity index (χ3n) is 5.41. The molecule has 0 bridgehead atoms. The van der Waals surface area contributed by atoms with Crippen LogP contribution in [-0.2, 0) is 14.8 Å². The van der Waals surface area contributed by atoms with Crippen molar-refractivity contribution in [2.45, 2.75) is 31.0 Å². The first-order chi connectivity index (χ1) is 14.8. The van der Waals surface area contributed by atoms with Crippen molar-refractivity contribution in [2.24, 2.45) is 0 Å². The molecule has 4 rings (SSSR count). The van der Waals surface area contributed by atoms with Gasteiger partial charge in [0.1, 0.15) is 0 Å². The third kappa shape index (κ3) is 4.63. The number of morpholine rings is 1. The molecule has 0 spiro atoms. The molecule has 0 aliphatic carbocycles. The van der Waals surface area contributed by atoms with Crippen LogP contribution >= 0.6 is 0 Å². The number of carbonyl (C=O) groups excluding carboxylic acids is 1. The first-order valence-electron chi connectivity index (χ1n) is 10.3. The summed E-state index contributed by atoms with van der Waals surface area (Å²) in [6, 6.07) is 20.1. The van der Waals surface area contributed by atoms with Crippen LogP contribution in [0, 0.1) is 0 Å². The SMILES string of the molecule is CC1CN(S(=O)(=O)c2cccc(C(=O)CNc3cccc4ccccc34)c2)CC(C)O1. The Balaban J connectivity index is 1.52. The molecule has 1 heterocycles. The molecule has 1 aliphatic heterocycles. The first kappa shape index (κ1) is 21.5. The maximum atomic E-state index is 13.1. The predicted octanol–water partition coefficient (Wildman–Crippen LogP) is 3.93. The zero-order valence-corrected chi connectivity index (χ0v) is 18.4. The van der Waals surface area contributed by atoms with Crippen molar-refractivity contribution < 1.29 is 17.9 Å². The second-order valence-electron chi connectivity index (χ2n) is 7.91. The van der Waals surface area contributed by atoms with Crippen molar-refractivity contribution in [2.75, 3.05) is 25.0 Å². The van der Waals surface area contributed by atoms with Crippen molar-refractivity contribution >= 4 is 32.3 Å². The number of ether oxygens (including phenoxy) is 1. The lowest BCUT2D eigenvalue weighted by atomic mass is 10.1. The van der Waals surface area contributed by atoms with Gasteiger partial charge in [-0.3, -0.25) is 4.79 Å². The number of rotatable bonds is 6. The minimum Gasteiger partial charge on any atom is -0.377 e. The van der Waals surface area contributed by atoms with Gasteiger partial charge in [0.2, 0.25) is 10.0 Å². The van der Waals surface area contributed by atoms with Gasteiger partial charge >= 0.3 is 0 Å². The summed E-state index contributed by atoms with van der Waals surface area (Å²) in [6.07, 6.45) is -0.346. The van der Waals surface area contributed by atoms with Crippen molar-refractivity contribution in [3.05, 3.63) is 72.3 Å². The van der Waals surface area contributed by atoms with Gasteiger partial charge in [-0.2, -0.15) is 4.31 Å². The van der Waals surface area contributed by atoms with E-state index in [2.05, 4.69) is 5.32 Å². The highest BCUT2D eigenvalue weighted by atomic mass is 32.2. The summed E-state index contributed by atoms with van der Waals surface area (Å²) in [5.74, 6) is -0.173. The van der Waals surface area contributed by atoms with Crippen molar-refractivity contribution in [1.29, 1.82) is 0 Å². The molecule has 0 aromatic heterocycles. The summed E-state index contributed by atoms with van der Waals surface area (Å²) in [6.45, 7) is 4.39. The zero-order chi connectivity index (χ0) is 22.0. The highest BCUT2D eigenvalue weighted by molar-refractivity contribution is 7.89. The van der Waals surface area contributed by atoms with Crippen molar-refractivity contribution in [3.8, 4) is 0 Å². The molecule has 31 heavy (non-hydrogen) atoms. The van der Waals surface area contributed by atoms with Crippen LogP contribution in [0.5, 0.6) is 0 Å². The standard InChI is InChI=1S/C24H26N2O4S/c1-17-15-26(16-18(2)30-17)31(28,29)21-10-5-9-20(13-21)24(27)14-25-23-12-6-8-19-7-3-4-11-22(19)23/h3-13,17-18,25H,14-16H2,1-2H3. The van der Waals surface area contributed by atoms with Crippen LogP contribution in [0.15, 0.2) is 71.6 Å². The fraction of sp³-hybridized carbons (Fsp3) is 0.292. The summed E-state index contributed by atoms with van der Waals surface area (Å²) in [4.78, 5) is 13.0. The number of anilines is 1. The minimum absolute atomic E-state index is 0.0726. The maximum absolute atomic E-state index is 13.1. The van der Waals surface area contributed by atoms with E-state index in [4.69, 9.17) is 4.74 Å². The van der Waals surface area contributed by atoms with Gasteiger partial charge in [-0.25, -0.2) is 8.42 Å². The lowest BCUT2D eigenvalue weighted by Crippen LogP contribution is -2.48. The number of hydrogen-bond acceptors (Lipinski definition) is 5. The van der Waals surface area contributed by atoms with E-state index in [-0.39, 0.29) is 29.4 Å². The van der Waals surface area contributed by atoms with E-state index in [1.807, 2.05) is 56.3 Å². The van der Waals surface area contributed by atoms with Gasteiger partial charge in [0, 0.05) is 29.7 Å². The molecular formula is C24H26N2O4S. The maximum Gasteiger partial charge on any atom is 0.243 e. The number of Topliss-reactive ketones (excluding diaryl/α,β-unsaturated/α-hetero) is 1.